The third kappa shape index (κ3) is 6.40. The van der Waals surface area contributed by atoms with Crippen molar-refractivity contribution in [2.75, 3.05) is 31.5 Å². The van der Waals surface area contributed by atoms with Crippen molar-refractivity contribution >= 4 is 40.7 Å². The molecule has 0 aliphatic carbocycles. The molecule has 1 atom stereocenters. The molecular formula is C30H27ClN4O6. The van der Waals surface area contributed by atoms with E-state index in [0.717, 1.165) is 55.9 Å². The van der Waals surface area contributed by atoms with Crippen molar-refractivity contribution in [3.63, 3.8) is 0 Å². The molecule has 1 saturated heterocycles. The maximum absolute atomic E-state index is 12.0. The fourth-order valence-electron chi connectivity index (χ4n) is 4.89. The zero-order valence-corrected chi connectivity index (χ0v) is 22.8. The van der Waals surface area contributed by atoms with Crippen molar-refractivity contribution in [1.82, 2.24) is 14.9 Å². The summed E-state index contributed by atoms with van der Waals surface area (Å²) in [5.74, 6) is -1.21. The molecule has 1 N–H and O–H groups in total. The number of fused-ring (bicyclic) bond motifs is 3. The summed E-state index contributed by atoms with van der Waals surface area (Å²) in [6.07, 6.45) is 5.43. The summed E-state index contributed by atoms with van der Waals surface area (Å²) in [4.78, 5) is 35.1. The van der Waals surface area contributed by atoms with Crippen molar-refractivity contribution in [3.8, 4) is 11.5 Å². The molecule has 4 heterocycles. The third-order valence-corrected chi connectivity index (χ3v) is 7.20. The Labute approximate surface area is 240 Å². The molecule has 0 amide bonds. The highest BCUT2D eigenvalue weighted by Gasteiger charge is 2.26. The number of halogens is 1. The van der Waals surface area contributed by atoms with Crippen LogP contribution in [0.1, 0.15) is 30.2 Å². The normalized spacial score (nSPS) is 17.7. The number of hydrogen-bond donors (Lipinski definition) is 1. The van der Waals surface area contributed by atoms with Crippen LogP contribution < -0.4 is 14.8 Å². The predicted octanol–water partition coefficient (Wildman–Crippen LogP) is 4.94. The van der Waals surface area contributed by atoms with E-state index in [9.17, 15) is 9.59 Å². The molecule has 41 heavy (non-hydrogen) atoms. The Kier molecular flexibility index (Phi) is 7.95. The lowest BCUT2D eigenvalue weighted by Crippen LogP contribution is -2.39. The van der Waals surface area contributed by atoms with Gasteiger partial charge < -0.3 is 28.8 Å². The molecular weight excluding hydrogens is 548 g/mol. The number of nitrogens with one attached hydrogen (secondary N) is 1. The topological polar surface area (TPSA) is 116 Å². The number of pyridine rings is 1. The Morgan fingerprint density at radius 1 is 1.00 bits per heavy atom. The number of ether oxygens (including phenoxy) is 3. The van der Waals surface area contributed by atoms with Gasteiger partial charge in [-0.3, -0.25) is 4.98 Å². The van der Waals surface area contributed by atoms with Gasteiger partial charge in [0.2, 0.25) is 5.75 Å². The number of carbonyl (C=O) groups is 2. The van der Waals surface area contributed by atoms with Crippen molar-refractivity contribution < 1.29 is 28.2 Å². The van der Waals surface area contributed by atoms with Gasteiger partial charge in [0.25, 0.3) is 6.01 Å². The molecule has 210 valence electrons. The van der Waals surface area contributed by atoms with Crippen LogP contribution in [0.25, 0.3) is 11.1 Å². The Balaban J connectivity index is 1.04. The molecule has 1 fully saturated rings. The molecule has 4 aromatic rings. The molecule has 10 nitrogen and oxygen atoms in total. The van der Waals surface area contributed by atoms with Crippen molar-refractivity contribution in [2.24, 2.45) is 0 Å². The maximum atomic E-state index is 12.0. The first kappa shape index (κ1) is 26.9. The number of rotatable bonds is 8. The molecule has 11 heteroatoms. The second kappa shape index (κ2) is 12.1. The molecule has 0 bridgehead atoms. The van der Waals surface area contributed by atoms with Crippen LogP contribution in [0.2, 0.25) is 5.02 Å². The monoisotopic (exact) mass is 574 g/mol. The zero-order chi connectivity index (χ0) is 28.2. The fraction of sp³-hybridized carbons (Fsp3) is 0.267. The van der Waals surface area contributed by atoms with Gasteiger partial charge in [-0.05, 0) is 54.8 Å². The van der Waals surface area contributed by atoms with Crippen LogP contribution in [0.4, 0.5) is 6.01 Å². The minimum atomic E-state index is -0.695. The number of oxazole rings is 1. The highest BCUT2D eigenvalue weighted by atomic mass is 35.5. The summed E-state index contributed by atoms with van der Waals surface area (Å²) >= 11 is 6.11. The predicted molar refractivity (Wildman–Crippen MR) is 151 cm³/mol. The van der Waals surface area contributed by atoms with E-state index in [1.807, 2.05) is 42.5 Å². The SMILES string of the molecule is O=C1/C=C/C(=O)Oc2c(ccc3oc(NCCN4CCC(OC(c5ccc(Cl)cc5)c5ccccn5)CC4)nc23)O1. The van der Waals surface area contributed by atoms with Gasteiger partial charge in [-0.1, -0.05) is 29.8 Å². The average molecular weight is 575 g/mol. The van der Waals surface area contributed by atoms with Gasteiger partial charge in [0.1, 0.15) is 6.10 Å². The Morgan fingerprint density at radius 2 is 1.78 bits per heavy atom. The summed E-state index contributed by atoms with van der Waals surface area (Å²) in [5.41, 5.74) is 2.59. The third-order valence-electron chi connectivity index (χ3n) is 6.94. The number of anilines is 1. The molecule has 2 aromatic heterocycles. The second-order valence-electron chi connectivity index (χ2n) is 9.72. The Hall–Kier alpha value is -4.25. The van der Waals surface area contributed by atoms with Crippen molar-refractivity contribution in [1.29, 1.82) is 0 Å². The van der Waals surface area contributed by atoms with E-state index >= 15 is 0 Å². The van der Waals surface area contributed by atoms with Gasteiger partial charge in [0.05, 0.1) is 11.8 Å². The number of likely N-dealkylation sites (tertiary alicyclic amines) is 1. The molecule has 0 radical (unpaired) electrons. The van der Waals surface area contributed by atoms with Gasteiger partial charge >= 0.3 is 11.9 Å². The Morgan fingerprint density at radius 3 is 2.54 bits per heavy atom. The smallest absolute Gasteiger partial charge is 0.336 e. The summed E-state index contributed by atoms with van der Waals surface area (Å²) in [7, 11) is 0. The van der Waals surface area contributed by atoms with Gasteiger partial charge in [-0.25, -0.2) is 9.59 Å². The van der Waals surface area contributed by atoms with Crippen LogP contribution in [0.15, 0.2) is 77.4 Å². The zero-order valence-electron chi connectivity index (χ0n) is 22.0. The van der Waals surface area contributed by atoms with Crippen LogP contribution in [-0.4, -0.2) is 59.1 Å². The molecule has 6 rings (SSSR count). The van der Waals surface area contributed by atoms with Crippen molar-refractivity contribution in [3.05, 3.63) is 89.2 Å². The van der Waals surface area contributed by atoms with Crippen LogP contribution >= 0.6 is 11.6 Å². The average Bonchev–Trinajstić information content (AvgIpc) is 3.40. The number of carbonyl (C=O) groups excluding carboxylic acids is 2. The number of esters is 2. The lowest BCUT2D eigenvalue weighted by atomic mass is 10.0. The first-order valence-corrected chi connectivity index (χ1v) is 13.7. The van der Waals surface area contributed by atoms with Gasteiger partial charge in [-0.2, -0.15) is 4.98 Å². The van der Waals surface area contributed by atoms with Gasteiger partial charge in [0.15, 0.2) is 16.8 Å². The number of piperidine rings is 1. The number of benzene rings is 2. The largest absolute Gasteiger partial charge is 0.423 e. The fourth-order valence-corrected chi connectivity index (χ4v) is 5.02. The number of hydrogen-bond acceptors (Lipinski definition) is 10. The quantitative estimate of drug-likeness (QED) is 0.229. The second-order valence-corrected chi connectivity index (χ2v) is 10.2. The van der Waals surface area contributed by atoms with Crippen molar-refractivity contribution in [2.45, 2.75) is 25.0 Å². The van der Waals surface area contributed by atoms with E-state index in [2.05, 4.69) is 20.2 Å². The first-order valence-electron chi connectivity index (χ1n) is 13.3. The Bertz CT molecular complexity index is 1570. The maximum Gasteiger partial charge on any atom is 0.336 e. The first-order chi connectivity index (χ1) is 20.0. The highest BCUT2D eigenvalue weighted by Crippen LogP contribution is 2.37. The number of nitrogens with zero attached hydrogens (tertiary/aromatic N) is 3. The number of aromatic nitrogens is 2. The van der Waals surface area contributed by atoms with E-state index in [0.29, 0.717) is 22.7 Å². The molecule has 1 unspecified atom stereocenters. The van der Waals surface area contributed by atoms with Crippen LogP contribution in [0.5, 0.6) is 11.5 Å². The van der Waals surface area contributed by atoms with E-state index < -0.39 is 11.9 Å². The molecule has 2 aromatic carbocycles. The standard InChI is InChI=1S/C30H27ClN4O6/c31-20-6-4-19(5-7-20)28(22-3-1-2-14-32-22)38-21-12-16-35(17-13-21)18-15-33-30-34-27-23(40-30)8-9-24-29(27)41-26(37)11-10-25(36)39-24/h1-11,14,21,28H,12-13,15-18H2,(H,33,34)/b11-10+. The summed E-state index contributed by atoms with van der Waals surface area (Å²) in [6, 6.07) is 17.0. The van der Waals surface area contributed by atoms with Crippen LogP contribution in [0, 0.1) is 0 Å². The molecule has 0 spiro atoms. The molecule has 2 aliphatic heterocycles. The molecule has 0 saturated carbocycles. The summed E-state index contributed by atoms with van der Waals surface area (Å²) in [6.45, 7) is 3.15. The van der Waals surface area contributed by atoms with E-state index in [4.69, 9.17) is 30.2 Å². The minimum Gasteiger partial charge on any atom is -0.423 e. The highest BCUT2D eigenvalue weighted by molar-refractivity contribution is 6.30. The van der Waals surface area contributed by atoms with Gasteiger partial charge in [-0.15, -0.1) is 0 Å². The van der Waals surface area contributed by atoms with Gasteiger partial charge in [0, 0.05) is 49.6 Å². The molecule has 2 aliphatic rings. The minimum absolute atomic E-state index is 0.0479. The lowest BCUT2D eigenvalue weighted by Gasteiger charge is -2.34. The van der Waals surface area contributed by atoms with E-state index in [1.54, 1.807) is 12.3 Å². The summed E-state index contributed by atoms with van der Waals surface area (Å²) < 4.78 is 22.9. The van der Waals surface area contributed by atoms with Crippen LogP contribution in [-0.2, 0) is 14.3 Å². The lowest BCUT2D eigenvalue weighted by molar-refractivity contribution is -0.133. The van der Waals surface area contributed by atoms with E-state index in [1.165, 1.54) is 6.07 Å². The summed E-state index contributed by atoms with van der Waals surface area (Å²) in [5, 5.41) is 3.88. The van der Waals surface area contributed by atoms with Crippen LogP contribution in [0.3, 0.4) is 0 Å². The van der Waals surface area contributed by atoms with E-state index in [-0.39, 0.29) is 29.7 Å².